The number of phosphoric acid groups is 2. The van der Waals surface area contributed by atoms with Gasteiger partial charge in [-0.3, -0.25) is 60.8 Å². The number of fused-ring (bicyclic) bond motifs is 2. The fourth-order valence-corrected chi connectivity index (χ4v) is 11.4. The van der Waals surface area contributed by atoms with E-state index in [1.54, 1.807) is 0 Å². The van der Waals surface area contributed by atoms with Crippen molar-refractivity contribution in [3.63, 3.8) is 0 Å². The molecule has 0 spiro atoms. The molecule has 2 saturated heterocycles. The number of nitrogens with zero attached hydrogens (tertiary/aromatic N) is 9. The smallest absolute Gasteiger partial charge is 0.313 e. The third-order valence-corrected chi connectivity index (χ3v) is 15.3. The predicted molar refractivity (Wildman–Crippen MR) is 201 cm³/mol. The number of aromatic amines is 2. The minimum absolute atomic E-state index is 0.0219. The normalized spacial score (nSPS) is 27.5. The molecular formula is C27H37N14O20P4-3. The number of aliphatic hydroxyl groups is 4. The highest BCUT2D eigenvalue weighted by Crippen LogP contribution is 2.55. The van der Waals surface area contributed by atoms with Gasteiger partial charge in [-0.1, -0.05) is 10.2 Å². The van der Waals surface area contributed by atoms with E-state index in [2.05, 4.69) is 52.9 Å². The molecule has 11 N–H and O–H groups in total. The van der Waals surface area contributed by atoms with Crippen LogP contribution in [-0.2, 0) is 65.4 Å². The van der Waals surface area contributed by atoms with E-state index in [-0.39, 0.29) is 46.5 Å². The Bertz CT molecular complexity index is 2890. The summed E-state index contributed by atoms with van der Waals surface area (Å²) in [4.78, 5) is 90.5. The largest absolute Gasteiger partial charge is 0.778 e. The first-order valence-corrected chi connectivity index (χ1v) is 24.6. The molecule has 5 aromatic rings. The van der Waals surface area contributed by atoms with Gasteiger partial charge < -0.3 is 74.6 Å². The Morgan fingerprint density at radius 1 is 0.892 bits per heavy atom. The summed E-state index contributed by atoms with van der Waals surface area (Å²) < 4.78 is 83.1. The van der Waals surface area contributed by atoms with Crippen LogP contribution in [0.1, 0.15) is 18.1 Å². The molecule has 2 fully saturated rings. The molecule has 6 unspecified atom stereocenters. The molecule has 2 aliphatic rings. The number of phosphoric ester groups is 2. The number of aliphatic hydroxyl groups excluding tert-OH is 4. The van der Waals surface area contributed by atoms with Gasteiger partial charge in [-0.15, -0.1) is 5.10 Å². The topological polar surface area (TPSA) is 510 Å². The number of aromatic nitrogens is 11. The second-order valence-corrected chi connectivity index (χ2v) is 20.8. The molecule has 34 nitrogen and oxygen atoms in total. The summed E-state index contributed by atoms with van der Waals surface area (Å²) in [6.07, 6.45) is -11.0. The van der Waals surface area contributed by atoms with Crippen LogP contribution in [0.4, 0.5) is 11.9 Å². The highest BCUT2D eigenvalue weighted by Gasteiger charge is 2.48. The van der Waals surface area contributed by atoms with Crippen molar-refractivity contribution >= 4 is 65.2 Å². The van der Waals surface area contributed by atoms with E-state index in [0.29, 0.717) is 0 Å². The van der Waals surface area contributed by atoms with Gasteiger partial charge >= 0.3 is 5.65 Å². The molecule has 7 heterocycles. The third-order valence-electron chi connectivity index (χ3n) is 9.56. The molecule has 0 saturated carbocycles. The van der Waals surface area contributed by atoms with Crippen molar-refractivity contribution in [1.82, 2.24) is 54.1 Å². The fourth-order valence-electron chi connectivity index (χ4n) is 6.62. The molecule has 0 aromatic carbocycles. The van der Waals surface area contributed by atoms with Gasteiger partial charge in [-0.25, -0.2) is 9.55 Å². The second kappa shape index (κ2) is 18.4. The first-order valence-electron chi connectivity index (χ1n) is 18.4. The number of anilines is 2. The molecule has 0 bridgehead atoms. The summed E-state index contributed by atoms with van der Waals surface area (Å²) in [6.45, 7) is -2.95. The number of aryl methyl sites for hydroxylation is 2. The standard InChI is InChI=1S/C27H40N14O20P4/c1-38-10-41(21-15(38)23(47)35-27(29)33-21)25-19(45)17(43)13(59-25)8-57-65(54,55)61-63(50,51)31-3-4-39-6-11(36-37-39)2-5-62(48,49)60-64(52,53)56-7-12-16(42)18(44)24(58-12)40-9-30-14-20(40)32-26(28)34-22(14)46/h6,9-10,12-13,16-19,24-25,42-45H,2-5,7-8H2,1H3,(H10-,28,29,31,32,33,34,35,46,47,48,49,50,51,52,53,54,55)/p-3/t12-,13-,16?,17+,18+,19?,24-,25-/m1/s1. The molecule has 38 heteroatoms. The van der Waals surface area contributed by atoms with Crippen LogP contribution in [0.2, 0.25) is 0 Å². The number of rotatable bonds is 19. The lowest BCUT2D eigenvalue weighted by Gasteiger charge is -2.32. The molecule has 0 radical (unpaired) electrons. The maximum Gasteiger partial charge on any atom is 0.313 e. The Balaban J connectivity index is 0.838. The van der Waals surface area contributed by atoms with Crippen LogP contribution in [-0.4, -0.2) is 132 Å². The van der Waals surface area contributed by atoms with Crippen LogP contribution in [0.5, 0.6) is 0 Å². The van der Waals surface area contributed by atoms with Crippen LogP contribution >= 0.6 is 31.0 Å². The minimum Gasteiger partial charge on any atom is -0.778 e. The van der Waals surface area contributed by atoms with E-state index in [1.165, 1.54) is 17.9 Å². The van der Waals surface area contributed by atoms with E-state index in [4.69, 9.17) is 20.9 Å². The zero-order valence-corrected chi connectivity index (χ0v) is 36.5. The fraction of sp³-hybridized carbons (Fsp3) is 0.556. The Hall–Kier alpha value is -4.24. The van der Waals surface area contributed by atoms with Crippen molar-refractivity contribution in [2.24, 2.45) is 7.05 Å². The van der Waals surface area contributed by atoms with Crippen molar-refractivity contribution in [2.75, 3.05) is 37.4 Å². The average molecular weight is 1000 g/mol. The number of imidazole rings is 2. The van der Waals surface area contributed by atoms with Crippen molar-refractivity contribution in [1.29, 1.82) is 0 Å². The summed E-state index contributed by atoms with van der Waals surface area (Å²) in [5.41, 5.74) is 9.44. The van der Waals surface area contributed by atoms with E-state index >= 15 is 0 Å². The van der Waals surface area contributed by atoms with Gasteiger partial charge in [-0.2, -0.15) is 4.98 Å². The maximum atomic E-state index is 12.5. The Kier molecular flexibility index (Phi) is 13.8. The molecule has 0 amide bonds. The number of nitrogen functional groups attached to an aromatic ring is 2. The molecule has 12 atom stereocenters. The Labute approximate surface area is 360 Å². The van der Waals surface area contributed by atoms with Gasteiger partial charge in [0.25, 0.3) is 32.7 Å². The molecular weight excluding hydrogens is 964 g/mol. The van der Waals surface area contributed by atoms with Crippen LogP contribution < -0.4 is 51.8 Å². The summed E-state index contributed by atoms with van der Waals surface area (Å²) >= 11 is 0. The average Bonchev–Trinajstić information content (AvgIpc) is 4.01. The van der Waals surface area contributed by atoms with Crippen molar-refractivity contribution < 1.29 is 90.0 Å². The Morgan fingerprint density at radius 3 is 2.23 bits per heavy atom. The molecule has 0 aliphatic carbocycles. The summed E-state index contributed by atoms with van der Waals surface area (Å²) in [6, 6.07) is 0. The second-order valence-electron chi connectivity index (χ2n) is 14.2. The summed E-state index contributed by atoms with van der Waals surface area (Å²) in [7, 11) is -20.5. The van der Waals surface area contributed by atoms with Gasteiger partial charge in [0.2, 0.25) is 25.4 Å². The summed E-state index contributed by atoms with van der Waals surface area (Å²) in [5, 5.41) is 51.3. The lowest BCUT2D eigenvalue weighted by molar-refractivity contribution is -0.745. The predicted octanol–water partition coefficient (Wildman–Crippen LogP) is -7.47. The zero-order valence-electron chi connectivity index (χ0n) is 32.9. The molecule has 2 aliphatic heterocycles. The highest BCUT2D eigenvalue weighted by atomic mass is 31.3. The molecule has 7 rings (SSSR count). The van der Waals surface area contributed by atoms with Gasteiger partial charge in [0.15, 0.2) is 23.7 Å². The Morgan fingerprint density at radius 2 is 1.52 bits per heavy atom. The number of nitrogens with one attached hydrogen (secondary N) is 3. The number of hydrogen-bond acceptors (Lipinski definition) is 27. The van der Waals surface area contributed by atoms with E-state index < -0.39 is 124 Å². The van der Waals surface area contributed by atoms with Crippen LogP contribution in [0.3, 0.4) is 0 Å². The molecule has 5 aromatic heterocycles. The van der Waals surface area contributed by atoms with Crippen LogP contribution in [0.15, 0.2) is 28.4 Å². The first-order chi connectivity index (χ1) is 30.3. The SMILES string of the molecule is Cn1c[n+]([C@@H]2O[C@H](COP(=O)([O-])OP(=O)([O-])NCCn3cc(CCP(=O)([O-])OP(=O)([O-])OC[C@H]4O[C@@H](n5cnc6c(=O)[nH]c(N)nc65)[C@@H](O)C4O)nn3)[C@H](O)C2O)c2nc(N)[nH]c(=O)c21. The van der Waals surface area contributed by atoms with Crippen molar-refractivity contribution in [2.45, 2.75) is 62.0 Å². The number of nitrogens with two attached hydrogens (primary N) is 2. The number of hydrogen-bond donors (Lipinski definition) is 9. The third kappa shape index (κ3) is 11.0. The minimum atomic E-state index is -5.68. The molecule has 65 heavy (non-hydrogen) atoms. The van der Waals surface area contributed by atoms with E-state index in [9.17, 15) is 67.8 Å². The van der Waals surface area contributed by atoms with Gasteiger partial charge in [0.05, 0.1) is 38.8 Å². The van der Waals surface area contributed by atoms with E-state index in [0.717, 1.165) is 26.3 Å². The lowest BCUT2D eigenvalue weighted by Crippen LogP contribution is -2.46. The highest BCUT2D eigenvalue weighted by molar-refractivity contribution is 7.62. The quantitative estimate of drug-likeness (QED) is 0.0274. The molecule has 358 valence electrons. The van der Waals surface area contributed by atoms with Crippen LogP contribution in [0, 0.1) is 0 Å². The lowest BCUT2D eigenvalue weighted by atomic mass is 10.1. The summed E-state index contributed by atoms with van der Waals surface area (Å²) in [5.74, 6) is -0.570. The van der Waals surface area contributed by atoms with E-state index in [1.807, 2.05) is 5.09 Å². The zero-order chi connectivity index (χ0) is 47.4. The van der Waals surface area contributed by atoms with Gasteiger partial charge in [0.1, 0.15) is 44.2 Å². The number of ether oxygens (including phenoxy) is 2. The first kappa shape index (κ1) is 48.7. The van der Waals surface area contributed by atoms with Gasteiger partial charge in [0, 0.05) is 25.3 Å². The van der Waals surface area contributed by atoms with Crippen molar-refractivity contribution in [3.05, 3.63) is 45.3 Å². The van der Waals surface area contributed by atoms with Crippen LogP contribution in [0.25, 0.3) is 22.3 Å². The maximum absolute atomic E-state index is 12.5. The van der Waals surface area contributed by atoms with Gasteiger partial charge in [-0.05, 0) is 0 Å². The monoisotopic (exact) mass is 1000 g/mol. The number of H-pyrrole nitrogens is 2. The van der Waals surface area contributed by atoms with Crippen molar-refractivity contribution in [3.8, 4) is 0 Å².